The molecule has 1 amide bonds. The third-order valence-corrected chi connectivity index (χ3v) is 3.61. The van der Waals surface area contributed by atoms with Crippen molar-refractivity contribution in [3.05, 3.63) is 36.1 Å². The van der Waals surface area contributed by atoms with Crippen LogP contribution in [0.2, 0.25) is 0 Å². The van der Waals surface area contributed by atoms with Gasteiger partial charge in [0, 0.05) is 24.0 Å². The van der Waals surface area contributed by atoms with Gasteiger partial charge < -0.3 is 15.5 Å². The fourth-order valence-corrected chi connectivity index (χ4v) is 2.45. The van der Waals surface area contributed by atoms with Crippen LogP contribution in [0.1, 0.15) is 18.4 Å². The van der Waals surface area contributed by atoms with E-state index >= 15 is 0 Å². The first kappa shape index (κ1) is 11.3. The van der Waals surface area contributed by atoms with Crippen LogP contribution in [0.15, 0.2) is 34.9 Å². The molecule has 2 aromatic rings. The molecule has 1 aliphatic rings. The van der Waals surface area contributed by atoms with Crippen LogP contribution in [-0.4, -0.2) is 19.0 Å². The average Bonchev–Trinajstić information content (AvgIpc) is 3.10. The van der Waals surface area contributed by atoms with Crippen molar-refractivity contribution in [3.63, 3.8) is 0 Å². The monoisotopic (exact) mass is 244 g/mol. The zero-order valence-corrected chi connectivity index (χ0v) is 10.1. The van der Waals surface area contributed by atoms with E-state index in [1.807, 2.05) is 24.3 Å². The fourth-order valence-electron chi connectivity index (χ4n) is 2.45. The largest absolute Gasteiger partial charge is 0.464 e. The lowest BCUT2D eigenvalue weighted by Crippen LogP contribution is -2.37. The second-order valence-electron chi connectivity index (χ2n) is 4.77. The van der Waals surface area contributed by atoms with E-state index in [9.17, 15) is 4.79 Å². The summed E-state index contributed by atoms with van der Waals surface area (Å²) < 4.78 is 5.53. The van der Waals surface area contributed by atoms with Gasteiger partial charge in [0.2, 0.25) is 5.91 Å². The van der Waals surface area contributed by atoms with E-state index in [2.05, 4.69) is 5.32 Å². The fraction of sp³-hybridized carbons (Fsp3) is 0.357. The number of amides is 1. The molecule has 4 nitrogen and oxygen atoms in total. The van der Waals surface area contributed by atoms with E-state index in [0.29, 0.717) is 13.1 Å². The normalized spacial score (nSPS) is 16.7. The summed E-state index contributed by atoms with van der Waals surface area (Å²) in [6.07, 6.45) is 3.49. The molecule has 18 heavy (non-hydrogen) atoms. The quantitative estimate of drug-likeness (QED) is 0.857. The summed E-state index contributed by atoms with van der Waals surface area (Å²) in [7, 11) is 0. The molecule has 0 bridgehead atoms. The van der Waals surface area contributed by atoms with E-state index in [4.69, 9.17) is 10.2 Å². The molecule has 0 aliphatic heterocycles. The Labute approximate surface area is 105 Å². The Morgan fingerprint density at radius 3 is 2.89 bits per heavy atom. The molecule has 94 valence electrons. The molecule has 0 saturated heterocycles. The molecule has 3 N–H and O–H groups in total. The summed E-state index contributed by atoms with van der Waals surface area (Å²) >= 11 is 0. The lowest BCUT2D eigenvalue weighted by atomic mass is 9.94. The Bertz CT molecular complexity index is 584. The number of carbonyl (C=O) groups is 1. The number of rotatable bonds is 4. The maximum atomic E-state index is 12.2. The van der Waals surface area contributed by atoms with Crippen LogP contribution in [0, 0.1) is 0 Å². The van der Waals surface area contributed by atoms with Crippen molar-refractivity contribution in [1.82, 2.24) is 5.32 Å². The van der Waals surface area contributed by atoms with Crippen molar-refractivity contribution >= 4 is 16.9 Å². The maximum Gasteiger partial charge on any atom is 0.230 e. The maximum absolute atomic E-state index is 12.2. The van der Waals surface area contributed by atoms with Gasteiger partial charge in [-0.3, -0.25) is 4.79 Å². The highest BCUT2D eigenvalue weighted by atomic mass is 16.3. The third kappa shape index (κ3) is 1.61. The number of fused-ring (bicyclic) bond motifs is 1. The summed E-state index contributed by atoms with van der Waals surface area (Å²) in [6.45, 7) is 0.990. The molecule has 1 aromatic carbocycles. The lowest BCUT2D eigenvalue weighted by Gasteiger charge is -2.13. The Morgan fingerprint density at radius 2 is 2.17 bits per heavy atom. The number of hydrogen-bond acceptors (Lipinski definition) is 3. The van der Waals surface area contributed by atoms with E-state index in [-0.39, 0.29) is 11.3 Å². The van der Waals surface area contributed by atoms with Gasteiger partial charge in [-0.15, -0.1) is 0 Å². The molecular weight excluding hydrogens is 228 g/mol. The second-order valence-corrected chi connectivity index (χ2v) is 4.77. The van der Waals surface area contributed by atoms with Gasteiger partial charge in [0.15, 0.2) is 0 Å². The first-order valence-corrected chi connectivity index (χ1v) is 6.23. The Balaban J connectivity index is 1.96. The van der Waals surface area contributed by atoms with Crippen molar-refractivity contribution in [1.29, 1.82) is 0 Å². The zero-order chi connectivity index (χ0) is 12.6. The van der Waals surface area contributed by atoms with Gasteiger partial charge in [-0.2, -0.15) is 0 Å². The van der Waals surface area contributed by atoms with E-state index < -0.39 is 0 Å². The van der Waals surface area contributed by atoms with Crippen LogP contribution in [0.25, 0.3) is 11.0 Å². The minimum atomic E-state index is -0.387. The summed E-state index contributed by atoms with van der Waals surface area (Å²) in [6, 6.07) is 7.83. The van der Waals surface area contributed by atoms with Gasteiger partial charge in [-0.05, 0) is 18.9 Å². The number of nitrogens with one attached hydrogen (secondary N) is 1. The summed E-state index contributed by atoms with van der Waals surface area (Å²) in [4.78, 5) is 12.2. The zero-order valence-electron chi connectivity index (χ0n) is 10.1. The van der Waals surface area contributed by atoms with E-state index in [1.165, 1.54) is 0 Å². The predicted molar refractivity (Wildman–Crippen MR) is 69.2 cm³/mol. The summed E-state index contributed by atoms with van der Waals surface area (Å²) in [5.74, 6) is 0.0690. The number of benzene rings is 1. The first-order chi connectivity index (χ1) is 8.78. The SMILES string of the molecule is NCCNC(=O)C1(c2coc3ccccc23)CC1. The smallest absolute Gasteiger partial charge is 0.230 e. The molecule has 0 atom stereocenters. The Morgan fingerprint density at radius 1 is 1.39 bits per heavy atom. The Hall–Kier alpha value is -1.81. The number of hydrogen-bond donors (Lipinski definition) is 2. The molecule has 1 saturated carbocycles. The molecule has 0 spiro atoms. The molecular formula is C14H16N2O2. The topological polar surface area (TPSA) is 68.3 Å². The van der Waals surface area contributed by atoms with Gasteiger partial charge >= 0.3 is 0 Å². The van der Waals surface area contributed by atoms with Crippen molar-refractivity contribution in [2.24, 2.45) is 5.73 Å². The van der Waals surface area contributed by atoms with Crippen molar-refractivity contribution in [3.8, 4) is 0 Å². The van der Waals surface area contributed by atoms with Gasteiger partial charge in [0.1, 0.15) is 5.58 Å². The van der Waals surface area contributed by atoms with Gasteiger partial charge in [0.25, 0.3) is 0 Å². The van der Waals surface area contributed by atoms with Crippen molar-refractivity contribution in [2.45, 2.75) is 18.3 Å². The van der Waals surface area contributed by atoms with Crippen LogP contribution < -0.4 is 11.1 Å². The van der Waals surface area contributed by atoms with Crippen molar-refractivity contribution in [2.75, 3.05) is 13.1 Å². The minimum Gasteiger partial charge on any atom is -0.464 e. The molecule has 0 radical (unpaired) electrons. The van der Waals surface area contributed by atoms with Crippen molar-refractivity contribution < 1.29 is 9.21 Å². The predicted octanol–water partition coefficient (Wildman–Crippen LogP) is 1.54. The highest BCUT2D eigenvalue weighted by Gasteiger charge is 2.52. The van der Waals surface area contributed by atoms with Crippen LogP contribution >= 0.6 is 0 Å². The van der Waals surface area contributed by atoms with Gasteiger partial charge in [0.05, 0.1) is 11.7 Å². The molecule has 1 heterocycles. The van der Waals surface area contributed by atoms with Crippen LogP contribution in [0.4, 0.5) is 0 Å². The summed E-state index contributed by atoms with van der Waals surface area (Å²) in [5, 5.41) is 3.92. The average molecular weight is 244 g/mol. The molecule has 1 fully saturated rings. The van der Waals surface area contributed by atoms with Crippen LogP contribution in [0.3, 0.4) is 0 Å². The summed E-state index contributed by atoms with van der Waals surface area (Å²) in [5.41, 5.74) is 6.87. The highest BCUT2D eigenvalue weighted by Crippen LogP contribution is 2.51. The molecule has 1 aromatic heterocycles. The lowest BCUT2D eigenvalue weighted by molar-refractivity contribution is -0.123. The minimum absolute atomic E-state index is 0.0690. The van der Waals surface area contributed by atoms with E-state index in [1.54, 1.807) is 6.26 Å². The molecule has 3 rings (SSSR count). The number of para-hydroxylation sites is 1. The third-order valence-electron chi connectivity index (χ3n) is 3.61. The van der Waals surface area contributed by atoms with E-state index in [0.717, 1.165) is 29.4 Å². The van der Waals surface area contributed by atoms with Crippen LogP contribution in [-0.2, 0) is 10.2 Å². The number of furan rings is 1. The van der Waals surface area contributed by atoms with Gasteiger partial charge in [-0.1, -0.05) is 18.2 Å². The highest BCUT2D eigenvalue weighted by molar-refractivity contribution is 5.96. The van der Waals surface area contributed by atoms with Crippen LogP contribution in [0.5, 0.6) is 0 Å². The Kier molecular flexibility index (Phi) is 2.59. The standard InChI is InChI=1S/C14H16N2O2/c15-7-8-16-13(17)14(5-6-14)11-9-18-12-4-2-1-3-10(11)12/h1-4,9H,5-8,15H2,(H,16,17). The van der Waals surface area contributed by atoms with Gasteiger partial charge in [-0.25, -0.2) is 0 Å². The molecule has 0 unspecified atom stereocenters. The second kappa shape index (κ2) is 4.14. The molecule has 1 aliphatic carbocycles. The number of carbonyl (C=O) groups excluding carboxylic acids is 1. The first-order valence-electron chi connectivity index (χ1n) is 6.23. The number of nitrogens with two attached hydrogens (primary N) is 1. The molecule has 4 heteroatoms.